The third-order valence-electron chi connectivity index (χ3n) is 3.20. The maximum Gasteiger partial charge on any atom is 0.272 e. The predicted molar refractivity (Wildman–Crippen MR) is 83.0 cm³/mol. The summed E-state index contributed by atoms with van der Waals surface area (Å²) in [7, 11) is -3.80. The number of nitrogens with one attached hydrogen (secondary N) is 1. The molecular formula is C15H13N3O4S. The van der Waals surface area contributed by atoms with Gasteiger partial charge in [-0.25, -0.2) is 13.1 Å². The fourth-order valence-corrected chi connectivity index (χ4v) is 3.11. The molecule has 8 heteroatoms. The van der Waals surface area contributed by atoms with Crippen LogP contribution < -0.4 is 4.72 Å². The van der Waals surface area contributed by atoms with E-state index in [1.807, 2.05) is 6.07 Å². The summed E-state index contributed by atoms with van der Waals surface area (Å²) >= 11 is 0. The van der Waals surface area contributed by atoms with E-state index in [2.05, 4.69) is 4.72 Å². The van der Waals surface area contributed by atoms with Gasteiger partial charge in [0.15, 0.2) is 0 Å². The molecule has 0 bridgehead atoms. The first-order valence-electron chi connectivity index (χ1n) is 6.57. The Morgan fingerprint density at radius 1 is 1.26 bits per heavy atom. The molecule has 7 nitrogen and oxygen atoms in total. The number of hydrogen-bond donors (Lipinski definition) is 1. The summed E-state index contributed by atoms with van der Waals surface area (Å²) in [6, 6.07) is 12.2. The third kappa shape index (κ3) is 3.91. The second-order valence-corrected chi connectivity index (χ2v) is 6.61. The molecule has 0 aliphatic carbocycles. The molecule has 2 rings (SSSR count). The Kier molecular flexibility index (Phi) is 4.74. The highest BCUT2D eigenvalue weighted by Gasteiger charge is 2.18. The van der Waals surface area contributed by atoms with Gasteiger partial charge in [-0.2, -0.15) is 5.26 Å². The summed E-state index contributed by atoms with van der Waals surface area (Å²) in [5, 5.41) is 19.6. The standard InChI is InChI=1S/C15H13N3O4S/c1-11-7-14(5-6-15(11)18(19)20)23(21,22)17-10-13-4-2-3-12(8-13)9-16/h2-8,17H,10H2,1H3. The van der Waals surface area contributed by atoms with Crippen molar-refractivity contribution in [1.29, 1.82) is 5.26 Å². The van der Waals surface area contributed by atoms with Gasteiger partial charge in [0, 0.05) is 18.2 Å². The van der Waals surface area contributed by atoms with E-state index in [1.54, 1.807) is 24.3 Å². The molecule has 1 N–H and O–H groups in total. The minimum atomic E-state index is -3.80. The highest BCUT2D eigenvalue weighted by atomic mass is 32.2. The van der Waals surface area contributed by atoms with Gasteiger partial charge in [0.2, 0.25) is 10.0 Å². The number of nitro groups is 1. The molecule has 118 valence electrons. The fraction of sp³-hybridized carbons (Fsp3) is 0.133. The van der Waals surface area contributed by atoms with E-state index in [0.29, 0.717) is 11.1 Å². The summed E-state index contributed by atoms with van der Waals surface area (Å²) in [4.78, 5) is 10.2. The van der Waals surface area contributed by atoms with Gasteiger partial charge in [-0.3, -0.25) is 10.1 Å². The topological polar surface area (TPSA) is 113 Å². The van der Waals surface area contributed by atoms with E-state index >= 15 is 0 Å². The first-order chi connectivity index (χ1) is 10.8. The smallest absolute Gasteiger partial charge is 0.258 e. The summed E-state index contributed by atoms with van der Waals surface area (Å²) < 4.78 is 26.9. The van der Waals surface area contributed by atoms with Crippen LogP contribution in [0.25, 0.3) is 0 Å². The van der Waals surface area contributed by atoms with Gasteiger partial charge in [-0.05, 0) is 36.8 Å². The molecule has 0 heterocycles. The highest BCUT2D eigenvalue weighted by molar-refractivity contribution is 7.89. The summed E-state index contributed by atoms with van der Waals surface area (Å²) in [5.74, 6) is 0. The van der Waals surface area contributed by atoms with Crippen LogP contribution in [0.5, 0.6) is 0 Å². The van der Waals surface area contributed by atoms with Crippen molar-refractivity contribution in [2.24, 2.45) is 0 Å². The molecule has 0 radical (unpaired) electrons. The van der Waals surface area contributed by atoms with Crippen molar-refractivity contribution >= 4 is 15.7 Å². The predicted octanol–water partition coefficient (Wildman–Crippen LogP) is 2.25. The Morgan fingerprint density at radius 2 is 2.00 bits per heavy atom. The number of nitrogens with zero attached hydrogens (tertiary/aromatic N) is 2. The monoisotopic (exact) mass is 331 g/mol. The Morgan fingerprint density at radius 3 is 2.61 bits per heavy atom. The second-order valence-electron chi connectivity index (χ2n) is 4.84. The molecule has 0 aliphatic rings. The maximum atomic E-state index is 12.2. The van der Waals surface area contributed by atoms with Crippen molar-refractivity contribution in [2.45, 2.75) is 18.4 Å². The van der Waals surface area contributed by atoms with Gasteiger partial charge in [-0.15, -0.1) is 0 Å². The van der Waals surface area contributed by atoms with Crippen molar-refractivity contribution in [3.8, 4) is 6.07 Å². The van der Waals surface area contributed by atoms with Crippen LogP contribution >= 0.6 is 0 Å². The minimum Gasteiger partial charge on any atom is -0.258 e. The van der Waals surface area contributed by atoms with Crippen molar-refractivity contribution in [3.63, 3.8) is 0 Å². The summed E-state index contributed by atoms with van der Waals surface area (Å²) in [6.45, 7) is 1.50. The van der Waals surface area contributed by atoms with Crippen molar-refractivity contribution in [3.05, 3.63) is 69.3 Å². The molecular weight excluding hydrogens is 318 g/mol. The molecule has 0 unspecified atom stereocenters. The van der Waals surface area contributed by atoms with Crippen LogP contribution in [0, 0.1) is 28.4 Å². The Balaban J connectivity index is 2.20. The summed E-state index contributed by atoms with van der Waals surface area (Å²) in [5.41, 5.74) is 1.22. The van der Waals surface area contributed by atoms with E-state index < -0.39 is 14.9 Å². The molecule has 0 aromatic heterocycles. The van der Waals surface area contributed by atoms with Crippen molar-refractivity contribution in [2.75, 3.05) is 0 Å². The van der Waals surface area contributed by atoms with Crippen LogP contribution in [-0.2, 0) is 16.6 Å². The van der Waals surface area contributed by atoms with Gasteiger partial charge in [-0.1, -0.05) is 12.1 Å². The van der Waals surface area contributed by atoms with Crippen LogP contribution in [0.2, 0.25) is 0 Å². The zero-order valence-corrected chi connectivity index (χ0v) is 13.0. The number of aryl methyl sites for hydroxylation is 1. The van der Waals surface area contributed by atoms with Crippen LogP contribution in [0.1, 0.15) is 16.7 Å². The molecule has 0 aliphatic heterocycles. The van der Waals surface area contributed by atoms with Crippen LogP contribution in [0.15, 0.2) is 47.4 Å². The van der Waals surface area contributed by atoms with E-state index in [9.17, 15) is 18.5 Å². The third-order valence-corrected chi connectivity index (χ3v) is 4.60. The van der Waals surface area contributed by atoms with Crippen LogP contribution in [0.4, 0.5) is 5.69 Å². The SMILES string of the molecule is Cc1cc(S(=O)(=O)NCc2cccc(C#N)c2)ccc1[N+](=O)[O-]. The molecule has 0 saturated heterocycles. The first kappa shape index (κ1) is 16.6. The number of rotatable bonds is 5. The normalized spacial score (nSPS) is 11.0. The Labute approximate surface area is 133 Å². The maximum absolute atomic E-state index is 12.2. The lowest BCUT2D eigenvalue weighted by molar-refractivity contribution is -0.385. The number of nitro benzene ring substituents is 1. The van der Waals surface area contributed by atoms with E-state index in [-0.39, 0.29) is 22.7 Å². The van der Waals surface area contributed by atoms with E-state index in [4.69, 9.17) is 5.26 Å². The molecule has 0 amide bonds. The van der Waals surface area contributed by atoms with Crippen molar-refractivity contribution < 1.29 is 13.3 Å². The largest absolute Gasteiger partial charge is 0.272 e. The second kappa shape index (κ2) is 6.56. The lowest BCUT2D eigenvalue weighted by Gasteiger charge is -2.08. The highest BCUT2D eigenvalue weighted by Crippen LogP contribution is 2.21. The van der Waals surface area contributed by atoms with E-state index in [0.717, 1.165) is 0 Å². The van der Waals surface area contributed by atoms with Crippen molar-refractivity contribution in [1.82, 2.24) is 4.72 Å². The lowest BCUT2D eigenvalue weighted by atomic mass is 10.1. The quantitative estimate of drug-likeness (QED) is 0.667. The molecule has 0 spiro atoms. The Bertz CT molecular complexity index is 901. The summed E-state index contributed by atoms with van der Waals surface area (Å²) in [6.07, 6.45) is 0. The number of sulfonamides is 1. The minimum absolute atomic E-state index is 0.0217. The average molecular weight is 331 g/mol. The van der Waals surface area contributed by atoms with E-state index in [1.165, 1.54) is 25.1 Å². The molecule has 0 fully saturated rings. The number of benzene rings is 2. The molecule has 2 aromatic carbocycles. The lowest BCUT2D eigenvalue weighted by Crippen LogP contribution is -2.23. The van der Waals surface area contributed by atoms with Gasteiger partial charge >= 0.3 is 0 Å². The number of hydrogen-bond acceptors (Lipinski definition) is 5. The zero-order chi connectivity index (χ0) is 17.0. The van der Waals surface area contributed by atoms with Gasteiger partial charge < -0.3 is 0 Å². The average Bonchev–Trinajstić information content (AvgIpc) is 2.52. The van der Waals surface area contributed by atoms with Gasteiger partial charge in [0.05, 0.1) is 21.5 Å². The number of nitriles is 1. The molecule has 0 saturated carbocycles. The van der Waals surface area contributed by atoms with Gasteiger partial charge in [0.1, 0.15) is 0 Å². The zero-order valence-electron chi connectivity index (χ0n) is 12.2. The van der Waals surface area contributed by atoms with Gasteiger partial charge in [0.25, 0.3) is 5.69 Å². The molecule has 0 atom stereocenters. The Hall–Kier alpha value is -2.76. The fourth-order valence-electron chi connectivity index (χ4n) is 2.01. The molecule has 2 aromatic rings. The molecule has 23 heavy (non-hydrogen) atoms. The first-order valence-corrected chi connectivity index (χ1v) is 8.05. The van der Waals surface area contributed by atoms with Crippen LogP contribution in [-0.4, -0.2) is 13.3 Å². The van der Waals surface area contributed by atoms with Crippen LogP contribution in [0.3, 0.4) is 0 Å².